The molecule has 5 N–H and O–H groups in total. The number of fused-ring (bicyclic) bond motifs is 2. The van der Waals surface area contributed by atoms with Crippen LogP contribution in [0.25, 0.3) is 11.3 Å². The SMILES string of the molecule is C[C@]1(C(N)=O)COc2c1cc([C@@](O)(CNC(=O)c1ccc3c(c1)CCC(C1CC1)N3)C(F)(F)F)nc2-c1ccc(F)cc1. The molecule has 43 heavy (non-hydrogen) atoms. The van der Waals surface area contributed by atoms with Crippen molar-refractivity contribution >= 4 is 17.5 Å². The predicted octanol–water partition coefficient (Wildman–Crippen LogP) is 4.34. The number of alkyl halides is 3. The van der Waals surface area contributed by atoms with Crippen molar-refractivity contribution in [3.63, 3.8) is 0 Å². The summed E-state index contributed by atoms with van der Waals surface area (Å²) >= 11 is 0. The second-order valence-electron chi connectivity index (χ2n) is 11.8. The monoisotopic (exact) mass is 598 g/mol. The van der Waals surface area contributed by atoms with Crippen LogP contribution in [0.5, 0.6) is 5.75 Å². The van der Waals surface area contributed by atoms with E-state index in [2.05, 4.69) is 15.6 Å². The maximum atomic E-state index is 14.6. The standard InChI is InChI=1S/C31H30F4N4O4/c1-29(28(36)41)15-43-26-21(29)13-24(39-25(26)17-4-8-20(32)9-5-17)30(42,31(33,34)35)14-37-27(40)19-7-11-23-18(12-19)6-10-22(38-23)16-2-3-16/h4-5,7-9,11-13,16,22,38,42H,2-3,6,10,14-15H2,1H3,(H2,36,41)(H,37,40)/t22?,29-,30-/m0/s1. The third kappa shape index (κ3) is 5.07. The van der Waals surface area contributed by atoms with Gasteiger partial charge in [0.2, 0.25) is 11.5 Å². The quantitative estimate of drug-likeness (QED) is 0.300. The molecule has 2 aromatic carbocycles. The van der Waals surface area contributed by atoms with Gasteiger partial charge in [-0.05, 0) is 92.6 Å². The van der Waals surface area contributed by atoms with E-state index in [1.165, 1.54) is 38.0 Å². The van der Waals surface area contributed by atoms with Gasteiger partial charge >= 0.3 is 6.18 Å². The first-order valence-electron chi connectivity index (χ1n) is 14.0. The van der Waals surface area contributed by atoms with Crippen LogP contribution in [0.4, 0.5) is 23.2 Å². The van der Waals surface area contributed by atoms with Gasteiger partial charge in [0.05, 0.1) is 12.2 Å². The van der Waals surface area contributed by atoms with Crippen LogP contribution in [-0.4, -0.2) is 47.3 Å². The zero-order valence-corrected chi connectivity index (χ0v) is 23.2. The highest BCUT2D eigenvalue weighted by atomic mass is 19.4. The first kappa shape index (κ1) is 28.9. The van der Waals surface area contributed by atoms with E-state index < -0.39 is 47.1 Å². The van der Waals surface area contributed by atoms with Crippen LogP contribution in [0.15, 0.2) is 48.5 Å². The maximum Gasteiger partial charge on any atom is 0.424 e. The van der Waals surface area contributed by atoms with Gasteiger partial charge in [0.1, 0.15) is 29.3 Å². The van der Waals surface area contributed by atoms with E-state index in [0.717, 1.165) is 42.3 Å². The lowest BCUT2D eigenvalue weighted by Crippen LogP contribution is -2.51. The summed E-state index contributed by atoms with van der Waals surface area (Å²) in [7, 11) is 0. The molecule has 2 aliphatic heterocycles. The van der Waals surface area contributed by atoms with Crippen molar-refractivity contribution in [2.24, 2.45) is 11.7 Å². The number of carbonyl (C=O) groups excluding carboxylic acids is 2. The molecule has 3 aliphatic rings. The Balaban J connectivity index is 1.34. The average Bonchev–Trinajstić information content (AvgIpc) is 3.77. The van der Waals surface area contributed by atoms with Crippen molar-refractivity contribution in [2.75, 3.05) is 18.5 Å². The number of primary amides is 1. The summed E-state index contributed by atoms with van der Waals surface area (Å²) in [5.41, 5.74) is 1.51. The number of hydrogen-bond donors (Lipinski definition) is 4. The van der Waals surface area contributed by atoms with Crippen LogP contribution >= 0.6 is 0 Å². The molecule has 12 heteroatoms. The van der Waals surface area contributed by atoms with Gasteiger partial charge in [-0.3, -0.25) is 9.59 Å². The summed E-state index contributed by atoms with van der Waals surface area (Å²) in [5, 5.41) is 16.9. The zero-order valence-electron chi connectivity index (χ0n) is 23.2. The summed E-state index contributed by atoms with van der Waals surface area (Å²) in [6.07, 6.45) is -1.28. The fourth-order valence-electron chi connectivity index (χ4n) is 5.77. The number of halogens is 4. The Kier molecular flexibility index (Phi) is 6.87. The number of aliphatic hydroxyl groups is 1. The molecule has 1 fully saturated rings. The molecule has 3 aromatic rings. The number of benzene rings is 2. The Morgan fingerprint density at radius 3 is 2.51 bits per heavy atom. The van der Waals surface area contributed by atoms with Crippen molar-refractivity contribution in [1.82, 2.24) is 10.3 Å². The normalized spacial score (nSPS) is 22.4. The number of ether oxygens (including phenoxy) is 1. The number of nitrogens with two attached hydrogens (primary N) is 1. The molecule has 1 aliphatic carbocycles. The predicted molar refractivity (Wildman–Crippen MR) is 149 cm³/mol. The van der Waals surface area contributed by atoms with Gasteiger partial charge in [-0.25, -0.2) is 9.37 Å². The number of amides is 2. The number of nitrogens with zero attached hydrogens (tertiary/aromatic N) is 1. The molecule has 0 spiro atoms. The molecule has 1 unspecified atom stereocenters. The Morgan fingerprint density at radius 2 is 1.86 bits per heavy atom. The fourth-order valence-corrected chi connectivity index (χ4v) is 5.77. The molecule has 2 amide bonds. The second-order valence-corrected chi connectivity index (χ2v) is 11.8. The van der Waals surface area contributed by atoms with Crippen LogP contribution < -0.4 is 21.1 Å². The number of carbonyl (C=O) groups is 2. The second kappa shape index (κ2) is 10.2. The minimum Gasteiger partial charge on any atom is -0.489 e. The lowest BCUT2D eigenvalue weighted by atomic mass is 9.81. The van der Waals surface area contributed by atoms with E-state index in [1.807, 2.05) is 0 Å². The van der Waals surface area contributed by atoms with E-state index >= 15 is 0 Å². The highest BCUT2D eigenvalue weighted by molar-refractivity contribution is 5.95. The van der Waals surface area contributed by atoms with Crippen molar-refractivity contribution < 1.29 is 37.0 Å². The molecule has 0 radical (unpaired) electrons. The molecule has 226 valence electrons. The van der Waals surface area contributed by atoms with Crippen molar-refractivity contribution in [3.8, 4) is 17.0 Å². The van der Waals surface area contributed by atoms with Gasteiger partial charge in [-0.15, -0.1) is 0 Å². The molecule has 1 saturated carbocycles. The Bertz CT molecular complexity index is 1610. The van der Waals surface area contributed by atoms with Gasteiger partial charge in [0.25, 0.3) is 5.91 Å². The maximum absolute atomic E-state index is 14.6. The number of anilines is 1. The Hall–Kier alpha value is -4.19. The molecular formula is C31H30F4N4O4. The summed E-state index contributed by atoms with van der Waals surface area (Å²) in [6.45, 7) is -0.129. The molecule has 3 heterocycles. The number of pyridine rings is 1. The summed E-state index contributed by atoms with van der Waals surface area (Å²) in [6, 6.07) is 11.0. The largest absolute Gasteiger partial charge is 0.489 e. The lowest BCUT2D eigenvalue weighted by molar-refractivity contribution is -0.265. The molecule has 0 bridgehead atoms. The van der Waals surface area contributed by atoms with Gasteiger partial charge in [-0.2, -0.15) is 13.2 Å². The van der Waals surface area contributed by atoms with E-state index in [1.54, 1.807) is 12.1 Å². The first-order valence-corrected chi connectivity index (χ1v) is 14.0. The minimum atomic E-state index is -5.30. The number of hydrogen-bond acceptors (Lipinski definition) is 6. The first-order chi connectivity index (χ1) is 20.3. The van der Waals surface area contributed by atoms with E-state index in [0.29, 0.717) is 12.0 Å². The molecule has 0 saturated heterocycles. The Labute approximate surface area is 244 Å². The lowest BCUT2D eigenvalue weighted by Gasteiger charge is -2.31. The van der Waals surface area contributed by atoms with Crippen LogP contribution in [-0.2, 0) is 22.2 Å². The van der Waals surface area contributed by atoms with Crippen LogP contribution in [0, 0.1) is 11.7 Å². The number of aromatic nitrogens is 1. The number of aryl methyl sites for hydroxylation is 1. The van der Waals surface area contributed by atoms with Crippen LogP contribution in [0.2, 0.25) is 0 Å². The van der Waals surface area contributed by atoms with Crippen LogP contribution in [0.1, 0.15) is 53.4 Å². The van der Waals surface area contributed by atoms with Gasteiger partial charge in [0.15, 0.2) is 0 Å². The van der Waals surface area contributed by atoms with Crippen molar-refractivity contribution in [3.05, 3.63) is 76.7 Å². The molecule has 8 nitrogen and oxygen atoms in total. The smallest absolute Gasteiger partial charge is 0.424 e. The molecule has 3 atom stereocenters. The number of nitrogens with one attached hydrogen (secondary N) is 2. The third-order valence-electron chi connectivity index (χ3n) is 8.76. The Morgan fingerprint density at radius 1 is 1.14 bits per heavy atom. The summed E-state index contributed by atoms with van der Waals surface area (Å²) in [4.78, 5) is 29.6. The zero-order chi connectivity index (χ0) is 30.7. The van der Waals surface area contributed by atoms with E-state index in [9.17, 15) is 32.3 Å². The van der Waals surface area contributed by atoms with Gasteiger partial charge < -0.3 is 26.2 Å². The fraction of sp³-hybridized carbons (Fsp3) is 0.387. The van der Waals surface area contributed by atoms with Crippen molar-refractivity contribution in [1.29, 1.82) is 0 Å². The van der Waals surface area contributed by atoms with E-state index in [4.69, 9.17) is 10.5 Å². The molecular weight excluding hydrogens is 568 g/mol. The molecule has 6 rings (SSSR count). The third-order valence-corrected chi connectivity index (χ3v) is 8.76. The van der Waals surface area contributed by atoms with Crippen LogP contribution in [0.3, 0.4) is 0 Å². The van der Waals surface area contributed by atoms with Gasteiger partial charge in [-0.1, -0.05) is 0 Å². The highest BCUT2D eigenvalue weighted by Gasteiger charge is 2.57. The summed E-state index contributed by atoms with van der Waals surface area (Å²) in [5.74, 6) is -1.60. The van der Waals surface area contributed by atoms with E-state index in [-0.39, 0.29) is 34.7 Å². The molecule has 1 aromatic heterocycles. The number of rotatable bonds is 7. The van der Waals surface area contributed by atoms with Gasteiger partial charge in [0, 0.05) is 28.4 Å². The highest BCUT2D eigenvalue weighted by Crippen LogP contribution is 2.48. The minimum absolute atomic E-state index is 0.00295. The topological polar surface area (TPSA) is 127 Å². The summed E-state index contributed by atoms with van der Waals surface area (Å²) < 4.78 is 63.2. The van der Waals surface area contributed by atoms with Crippen molar-refractivity contribution in [2.45, 2.75) is 55.8 Å². The average molecular weight is 599 g/mol.